The standard InChI is InChI=1S/C13H8Br2ClFIN/c14-9-2-1-6(18)3-7(9)13(19)8-4-11(16)10(15)5-12(8)17/h1-5,13H,19H2. The van der Waals surface area contributed by atoms with E-state index in [2.05, 4.69) is 54.5 Å². The molecular weight excluding hydrogens is 511 g/mol. The molecule has 0 aliphatic carbocycles. The van der Waals surface area contributed by atoms with Crippen LogP contribution in [-0.2, 0) is 0 Å². The molecule has 0 bridgehead atoms. The van der Waals surface area contributed by atoms with Crippen LogP contribution in [0.25, 0.3) is 0 Å². The summed E-state index contributed by atoms with van der Waals surface area (Å²) < 4.78 is 16.4. The van der Waals surface area contributed by atoms with Gasteiger partial charge in [-0.2, -0.15) is 0 Å². The second kappa shape index (κ2) is 6.39. The zero-order valence-electron chi connectivity index (χ0n) is 9.43. The highest BCUT2D eigenvalue weighted by atomic mass is 127. The molecule has 0 heterocycles. The van der Waals surface area contributed by atoms with E-state index < -0.39 is 6.04 Å². The summed E-state index contributed by atoms with van der Waals surface area (Å²) in [5.41, 5.74) is 7.35. The molecule has 0 fully saturated rings. The fourth-order valence-electron chi connectivity index (χ4n) is 1.70. The van der Waals surface area contributed by atoms with Crippen molar-refractivity contribution in [1.82, 2.24) is 0 Å². The summed E-state index contributed by atoms with van der Waals surface area (Å²) in [4.78, 5) is 0. The third-order valence-corrected chi connectivity index (χ3v) is 5.26. The van der Waals surface area contributed by atoms with Crippen LogP contribution in [0, 0.1) is 9.39 Å². The average Bonchev–Trinajstić information content (AvgIpc) is 2.36. The van der Waals surface area contributed by atoms with Crippen LogP contribution in [0.15, 0.2) is 39.3 Å². The first kappa shape index (κ1) is 15.7. The van der Waals surface area contributed by atoms with Crippen LogP contribution in [0.2, 0.25) is 5.02 Å². The van der Waals surface area contributed by atoms with Crippen LogP contribution in [0.5, 0.6) is 0 Å². The summed E-state index contributed by atoms with van der Waals surface area (Å²) in [7, 11) is 0. The minimum absolute atomic E-state index is 0.371. The van der Waals surface area contributed by atoms with E-state index in [4.69, 9.17) is 17.3 Å². The van der Waals surface area contributed by atoms with Crippen LogP contribution in [0.4, 0.5) is 4.39 Å². The fraction of sp³-hybridized carbons (Fsp3) is 0.0769. The monoisotopic (exact) mass is 517 g/mol. The van der Waals surface area contributed by atoms with Gasteiger partial charge in [-0.15, -0.1) is 0 Å². The molecule has 0 saturated heterocycles. The SMILES string of the molecule is NC(c1cc(Cl)c(Br)cc1F)c1cc(I)ccc1Br. The summed E-state index contributed by atoms with van der Waals surface area (Å²) in [6.07, 6.45) is 0. The van der Waals surface area contributed by atoms with Gasteiger partial charge in [0.25, 0.3) is 0 Å². The molecule has 0 saturated carbocycles. The summed E-state index contributed by atoms with van der Waals surface area (Å²) in [6.45, 7) is 0. The lowest BCUT2D eigenvalue weighted by molar-refractivity contribution is 0.598. The van der Waals surface area contributed by atoms with Crippen LogP contribution < -0.4 is 5.73 Å². The van der Waals surface area contributed by atoms with Crippen LogP contribution in [0.1, 0.15) is 17.2 Å². The molecule has 1 atom stereocenters. The van der Waals surface area contributed by atoms with Gasteiger partial charge in [-0.3, -0.25) is 0 Å². The smallest absolute Gasteiger partial charge is 0.129 e. The van der Waals surface area contributed by atoms with Crippen molar-refractivity contribution in [2.75, 3.05) is 0 Å². The van der Waals surface area contributed by atoms with Gasteiger partial charge in [0.15, 0.2) is 0 Å². The first-order valence-corrected chi connectivity index (χ1v) is 8.29. The number of rotatable bonds is 2. The number of hydrogen-bond acceptors (Lipinski definition) is 1. The van der Waals surface area contributed by atoms with Gasteiger partial charge in [-0.25, -0.2) is 4.39 Å². The lowest BCUT2D eigenvalue weighted by atomic mass is 9.99. The molecule has 0 aromatic heterocycles. The van der Waals surface area contributed by atoms with Crippen LogP contribution in [0.3, 0.4) is 0 Å². The zero-order chi connectivity index (χ0) is 14.2. The summed E-state index contributed by atoms with van der Waals surface area (Å²) in [5.74, 6) is -0.380. The molecule has 19 heavy (non-hydrogen) atoms. The van der Waals surface area contributed by atoms with E-state index in [9.17, 15) is 4.39 Å². The number of benzene rings is 2. The Morgan fingerprint density at radius 2 is 1.79 bits per heavy atom. The maximum absolute atomic E-state index is 14.0. The van der Waals surface area contributed by atoms with Gasteiger partial charge in [0.05, 0.1) is 11.1 Å². The molecule has 100 valence electrons. The molecule has 0 aliphatic rings. The Hall–Kier alpha value is 0.310. The molecule has 1 unspecified atom stereocenters. The minimum Gasteiger partial charge on any atom is -0.320 e. The Morgan fingerprint density at radius 3 is 2.47 bits per heavy atom. The van der Waals surface area contributed by atoms with E-state index >= 15 is 0 Å². The quantitative estimate of drug-likeness (QED) is 0.403. The van der Waals surface area contributed by atoms with Crippen molar-refractivity contribution in [3.05, 3.63) is 64.8 Å². The van der Waals surface area contributed by atoms with Crippen molar-refractivity contribution >= 4 is 66.1 Å². The summed E-state index contributed by atoms with van der Waals surface area (Å²) >= 11 is 14.8. The highest BCUT2D eigenvalue weighted by Gasteiger charge is 2.18. The number of nitrogens with two attached hydrogens (primary N) is 1. The normalized spacial score (nSPS) is 12.5. The van der Waals surface area contributed by atoms with E-state index in [1.807, 2.05) is 18.2 Å². The van der Waals surface area contributed by atoms with Gasteiger partial charge in [0.2, 0.25) is 0 Å². The first-order valence-electron chi connectivity index (χ1n) is 5.25. The Labute approximate surface area is 146 Å². The molecule has 2 aromatic rings. The Balaban J connectivity index is 2.52. The lowest BCUT2D eigenvalue weighted by Gasteiger charge is -2.16. The molecule has 2 aromatic carbocycles. The van der Waals surface area contributed by atoms with Gasteiger partial charge in [-0.1, -0.05) is 27.5 Å². The maximum atomic E-state index is 14.0. The van der Waals surface area contributed by atoms with Gasteiger partial charge in [-0.05, 0) is 74.4 Å². The van der Waals surface area contributed by atoms with E-state index in [1.165, 1.54) is 6.07 Å². The lowest BCUT2D eigenvalue weighted by Crippen LogP contribution is -2.14. The van der Waals surface area contributed by atoms with E-state index in [0.717, 1.165) is 13.6 Å². The molecule has 0 radical (unpaired) electrons. The van der Waals surface area contributed by atoms with E-state index in [-0.39, 0.29) is 5.82 Å². The predicted octanol–water partition coefficient (Wildman–Crippen LogP) is 5.66. The van der Waals surface area contributed by atoms with Gasteiger partial charge >= 0.3 is 0 Å². The first-order chi connectivity index (χ1) is 8.90. The van der Waals surface area contributed by atoms with Gasteiger partial charge in [0.1, 0.15) is 5.82 Å². The average molecular weight is 519 g/mol. The number of halogens is 5. The van der Waals surface area contributed by atoms with Crippen LogP contribution >= 0.6 is 66.1 Å². The molecule has 6 heteroatoms. The molecule has 2 N–H and O–H groups in total. The Bertz CT molecular complexity index is 636. The van der Waals surface area contributed by atoms with E-state index in [0.29, 0.717) is 15.1 Å². The predicted molar refractivity (Wildman–Crippen MR) is 92.0 cm³/mol. The molecule has 0 spiro atoms. The topological polar surface area (TPSA) is 26.0 Å². The molecular formula is C13H8Br2ClFIN. The van der Waals surface area contributed by atoms with Crippen molar-refractivity contribution in [1.29, 1.82) is 0 Å². The molecule has 2 rings (SSSR count). The molecule has 0 amide bonds. The van der Waals surface area contributed by atoms with Gasteiger partial charge in [0, 0.05) is 18.1 Å². The highest BCUT2D eigenvalue weighted by molar-refractivity contribution is 14.1. The fourth-order valence-corrected chi connectivity index (χ4v) is 3.19. The van der Waals surface area contributed by atoms with Crippen molar-refractivity contribution in [2.24, 2.45) is 5.73 Å². The van der Waals surface area contributed by atoms with Crippen molar-refractivity contribution < 1.29 is 4.39 Å². The van der Waals surface area contributed by atoms with Crippen molar-refractivity contribution in [2.45, 2.75) is 6.04 Å². The molecule has 1 nitrogen and oxygen atoms in total. The third-order valence-electron chi connectivity index (χ3n) is 2.67. The largest absolute Gasteiger partial charge is 0.320 e. The van der Waals surface area contributed by atoms with Gasteiger partial charge < -0.3 is 5.73 Å². The molecule has 0 aliphatic heterocycles. The highest BCUT2D eigenvalue weighted by Crippen LogP contribution is 2.33. The van der Waals surface area contributed by atoms with E-state index in [1.54, 1.807) is 6.07 Å². The number of hydrogen-bond donors (Lipinski definition) is 1. The summed E-state index contributed by atoms with van der Waals surface area (Å²) in [5, 5.41) is 0.439. The summed E-state index contributed by atoms with van der Waals surface area (Å²) in [6, 6.07) is 8.08. The maximum Gasteiger partial charge on any atom is 0.129 e. The minimum atomic E-state index is -0.574. The zero-order valence-corrected chi connectivity index (χ0v) is 15.5. The van der Waals surface area contributed by atoms with Crippen molar-refractivity contribution in [3.8, 4) is 0 Å². The Morgan fingerprint density at radius 1 is 1.11 bits per heavy atom. The second-order valence-corrected chi connectivity index (χ2v) is 7.29. The van der Waals surface area contributed by atoms with Crippen molar-refractivity contribution in [3.63, 3.8) is 0 Å². The third kappa shape index (κ3) is 3.50. The second-order valence-electron chi connectivity index (χ2n) is 3.93. The Kier molecular flexibility index (Phi) is 5.28. The van der Waals surface area contributed by atoms with Crippen LogP contribution in [-0.4, -0.2) is 0 Å².